The van der Waals surface area contributed by atoms with Crippen LogP contribution in [0.25, 0.3) is 0 Å². The van der Waals surface area contributed by atoms with E-state index in [0.29, 0.717) is 22.3 Å². The Hall–Kier alpha value is -6.84. The third-order valence-electron chi connectivity index (χ3n) is 9.93. The maximum absolute atomic E-state index is 13.5. The number of anilines is 2. The first-order valence-corrected chi connectivity index (χ1v) is 20.3. The molecule has 0 saturated carbocycles. The summed E-state index contributed by atoms with van der Waals surface area (Å²) < 4.78 is 11.8. The Morgan fingerprint density at radius 2 is 0.609 bits per heavy atom. The van der Waals surface area contributed by atoms with E-state index in [1.165, 1.54) is 110 Å². The smallest absolute Gasteiger partial charge is 0.412 e. The van der Waals surface area contributed by atoms with E-state index in [1.807, 2.05) is 0 Å². The Kier molecular flexibility index (Phi) is 14.2. The van der Waals surface area contributed by atoms with Gasteiger partial charge in [0, 0.05) is 33.6 Å². The van der Waals surface area contributed by atoms with Crippen LogP contribution < -0.4 is 10.6 Å². The predicted molar refractivity (Wildman–Crippen MR) is 239 cm³/mol. The normalized spacial score (nSPS) is 12.1. The maximum Gasteiger partial charge on any atom is 0.412 e. The molecule has 0 bridgehead atoms. The van der Waals surface area contributed by atoms with Gasteiger partial charge in [0.05, 0.1) is 0 Å². The third-order valence-corrected chi connectivity index (χ3v) is 9.93. The zero-order valence-corrected chi connectivity index (χ0v) is 36.8. The van der Waals surface area contributed by atoms with Crippen LogP contribution in [0.4, 0.5) is 21.0 Å². The van der Waals surface area contributed by atoms with E-state index >= 15 is 0 Å². The fourth-order valence-electron chi connectivity index (χ4n) is 6.49. The van der Waals surface area contributed by atoms with Crippen LogP contribution in [-0.2, 0) is 9.47 Å². The number of rotatable bonds is 16. The van der Waals surface area contributed by atoms with Gasteiger partial charge in [-0.05, 0) is 95.8 Å². The van der Waals surface area contributed by atoms with E-state index in [2.05, 4.69) is 10.6 Å². The molecule has 0 aromatic heterocycles. The average Bonchev–Trinajstić information content (AvgIpc) is 3.23. The Balaban J connectivity index is 1.36. The molecular weight excluding hydrogens is 821 g/mol. The largest absolute Gasteiger partial charge is 0.436 e. The lowest BCUT2D eigenvalue weighted by Crippen LogP contribution is -2.31. The van der Waals surface area contributed by atoms with Gasteiger partial charge in [0.1, 0.15) is 22.4 Å². The fraction of sp³-hybridized carbons (Fsp3) is 0.280. The zero-order chi connectivity index (χ0) is 47.4. The van der Waals surface area contributed by atoms with Crippen LogP contribution >= 0.6 is 0 Å². The second-order valence-corrected chi connectivity index (χ2v) is 17.4. The lowest BCUT2D eigenvalue weighted by atomic mass is 9.92. The molecule has 0 saturated heterocycles. The average molecular weight is 873 g/mol. The van der Waals surface area contributed by atoms with Crippen LogP contribution in [0.3, 0.4) is 0 Å². The van der Waals surface area contributed by atoms with Crippen LogP contribution in [0.5, 0.6) is 0 Å². The first-order valence-electron chi connectivity index (χ1n) is 20.3. The first kappa shape index (κ1) is 48.2. The summed E-state index contributed by atoms with van der Waals surface area (Å²) in [5, 5.41) is 46.2. The van der Waals surface area contributed by atoms with Crippen molar-refractivity contribution in [2.75, 3.05) is 10.6 Å². The highest BCUT2D eigenvalue weighted by atomic mass is 16.6. The molecule has 0 unspecified atom stereocenters. The van der Waals surface area contributed by atoms with Crippen molar-refractivity contribution in [3.05, 3.63) is 166 Å². The van der Waals surface area contributed by atoms with Crippen LogP contribution in [0.1, 0.15) is 131 Å². The van der Waals surface area contributed by atoms with Crippen LogP contribution in [-0.4, -0.2) is 78.1 Å². The molecule has 6 N–H and O–H groups in total. The van der Waals surface area contributed by atoms with E-state index in [9.17, 15) is 49.2 Å². The van der Waals surface area contributed by atoms with E-state index in [4.69, 9.17) is 9.47 Å². The number of nitrogens with one attached hydrogen (secondary N) is 2. The maximum atomic E-state index is 13.5. The lowest BCUT2D eigenvalue weighted by Gasteiger charge is -2.22. The number of carbonyl (C=O) groups excluding carboxylic acids is 6. The topological polar surface area (TPSA) is 226 Å². The van der Waals surface area contributed by atoms with Crippen LogP contribution in [0.2, 0.25) is 0 Å². The number of benzene rings is 5. The van der Waals surface area contributed by atoms with Crippen molar-refractivity contribution in [2.24, 2.45) is 0 Å². The number of amides is 2. The molecule has 0 aliphatic carbocycles. The minimum Gasteiger partial charge on any atom is -0.436 e. The van der Waals surface area contributed by atoms with Crippen molar-refractivity contribution in [3.63, 3.8) is 0 Å². The molecule has 5 aromatic carbocycles. The second-order valence-electron chi connectivity index (χ2n) is 17.4. The van der Waals surface area contributed by atoms with Crippen LogP contribution in [0, 0.1) is 0 Å². The molecule has 64 heavy (non-hydrogen) atoms. The quantitative estimate of drug-likeness (QED) is 0.0516. The predicted octanol–water partition coefficient (Wildman–Crippen LogP) is 8.18. The lowest BCUT2D eigenvalue weighted by molar-refractivity contribution is 0.0487. The number of ether oxygens (including phenoxy) is 2. The fourth-order valence-corrected chi connectivity index (χ4v) is 6.49. The first-order chi connectivity index (χ1) is 29.7. The second kappa shape index (κ2) is 18.9. The monoisotopic (exact) mass is 872 g/mol. The van der Waals surface area contributed by atoms with Gasteiger partial charge in [0.2, 0.25) is 0 Å². The molecule has 334 valence electrons. The standard InChI is InChI=1S/C50H52N2O12/c1-47(2,59)41(53)33-20-12-29(13-21-33)39(30-14-22-34(23-15-30)42(54)48(3,4)60)63-45(57)51-37-10-9-11-38(28-37)52-46(58)64-40(31-16-24-35(25-17-31)43(55)49(5,6)61)32-18-26-36(27-19-32)44(56)50(7,8)62/h9-28,39-40,59-62H,1-8H3,(H,51,57)(H,52,58). The highest BCUT2D eigenvalue weighted by Crippen LogP contribution is 2.31. The van der Waals surface area contributed by atoms with Gasteiger partial charge in [-0.1, -0.05) is 103 Å². The highest BCUT2D eigenvalue weighted by Gasteiger charge is 2.30. The molecule has 5 rings (SSSR count). The van der Waals surface area contributed by atoms with Gasteiger partial charge in [0.15, 0.2) is 35.3 Å². The van der Waals surface area contributed by atoms with E-state index in [1.54, 1.807) is 66.7 Å². The summed E-state index contributed by atoms with van der Waals surface area (Å²) in [6, 6.07) is 30.7. The molecule has 14 nitrogen and oxygen atoms in total. The Morgan fingerprint density at radius 1 is 0.391 bits per heavy atom. The molecule has 0 heterocycles. The van der Waals surface area contributed by atoms with Gasteiger partial charge in [0.25, 0.3) is 0 Å². The van der Waals surface area contributed by atoms with Gasteiger partial charge >= 0.3 is 12.2 Å². The Bertz CT molecular complexity index is 2210. The van der Waals surface area contributed by atoms with E-state index < -0.39 is 69.9 Å². The molecule has 0 spiro atoms. The van der Waals surface area contributed by atoms with Crippen molar-refractivity contribution in [1.82, 2.24) is 0 Å². The summed E-state index contributed by atoms with van der Waals surface area (Å²) in [6.07, 6.45) is -3.93. The zero-order valence-electron chi connectivity index (χ0n) is 36.8. The number of hydrogen-bond acceptors (Lipinski definition) is 12. The molecule has 0 fully saturated rings. The van der Waals surface area contributed by atoms with Gasteiger partial charge < -0.3 is 29.9 Å². The number of hydrogen-bond donors (Lipinski definition) is 6. The number of Topliss-reactive ketones (excluding diaryl/α,β-unsaturated/α-hetero) is 4. The Labute approximate surface area is 370 Å². The van der Waals surface area contributed by atoms with Crippen molar-refractivity contribution < 1.29 is 58.7 Å². The molecular formula is C50H52N2O12. The molecule has 2 amide bonds. The summed E-state index contributed by atoms with van der Waals surface area (Å²) in [4.78, 5) is 77.9. The molecule has 14 heteroatoms. The molecule has 0 radical (unpaired) electrons. The third kappa shape index (κ3) is 12.2. The van der Waals surface area contributed by atoms with Crippen molar-refractivity contribution in [2.45, 2.75) is 90.0 Å². The summed E-state index contributed by atoms with van der Waals surface area (Å²) in [5.41, 5.74) is -3.32. The van der Waals surface area contributed by atoms with Crippen molar-refractivity contribution in [1.29, 1.82) is 0 Å². The minimum absolute atomic E-state index is 0.217. The molecule has 0 aliphatic rings. The molecule has 0 aliphatic heterocycles. The number of ketones is 4. The number of carbonyl (C=O) groups is 6. The van der Waals surface area contributed by atoms with Gasteiger partial charge in [-0.3, -0.25) is 29.8 Å². The Morgan fingerprint density at radius 3 is 0.812 bits per heavy atom. The van der Waals surface area contributed by atoms with Gasteiger partial charge in [-0.25, -0.2) is 9.59 Å². The summed E-state index contributed by atoms with van der Waals surface area (Å²) in [5.74, 6) is -2.05. The summed E-state index contributed by atoms with van der Waals surface area (Å²) >= 11 is 0. The summed E-state index contributed by atoms with van der Waals surface area (Å²) in [6.45, 7) is 11.0. The van der Waals surface area contributed by atoms with Gasteiger partial charge in [-0.2, -0.15) is 0 Å². The van der Waals surface area contributed by atoms with E-state index in [-0.39, 0.29) is 33.6 Å². The van der Waals surface area contributed by atoms with Crippen molar-refractivity contribution in [3.8, 4) is 0 Å². The SMILES string of the molecule is CC(C)(O)C(=O)c1ccc(C(OC(=O)Nc2cccc(NC(=O)OC(c3ccc(C(=O)C(C)(C)O)cc3)c3ccc(C(=O)C(C)(C)O)cc3)c2)c2ccc(C(=O)C(C)(C)O)cc2)cc1. The van der Waals surface area contributed by atoms with Crippen molar-refractivity contribution >= 4 is 46.7 Å². The molecule has 0 atom stereocenters. The van der Waals surface area contributed by atoms with E-state index in [0.717, 1.165) is 0 Å². The minimum atomic E-state index is -1.62. The number of aliphatic hydroxyl groups is 4. The molecule has 5 aromatic rings. The van der Waals surface area contributed by atoms with Gasteiger partial charge in [-0.15, -0.1) is 0 Å². The van der Waals surface area contributed by atoms with Crippen LogP contribution in [0.15, 0.2) is 121 Å². The summed E-state index contributed by atoms with van der Waals surface area (Å²) in [7, 11) is 0. The highest BCUT2D eigenvalue weighted by molar-refractivity contribution is 6.03.